The van der Waals surface area contributed by atoms with Crippen LogP contribution >= 0.6 is 23.4 Å². The van der Waals surface area contributed by atoms with E-state index >= 15 is 0 Å². The summed E-state index contributed by atoms with van der Waals surface area (Å²) in [6.45, 7) is 2.65. The van der Waals surface area contributed by atoms with Crippen molar-refractivity contribution in [2.45, 2.75) is 42.8 Å². The fourth-order valence-electron chi connectivity index (χ4n) is 6.58. The maximum absolute atomic E-state index is 13.5. The number of benzene rings is 3. The van der Waals surface area contributed by atoms with Crippen molar-refractivity contribution in [1.82, 2.24) is 24.4 Å². The van der Waals surface area contributed by atoms with E-state index in [0.717, 1.165) is 59.5 Å². The van der Waals surface area contributed by atoms with Gasteiger partial charge in [-0.2, -0.15) is 0 Å². The molecule has 2 aliphatic rings. The van der Waals surface area contributed by atoms with Crippen LogP contribution in [0.1, 0.15) is 45.9 Å². The molecule has 0 aliphatic carbocycles. The predicted octanol–water partition coefficient (Wildman–Crippen LogP) is 6.12. The van der Waals surface area contributed by atoms with Gasteiger partial charge in [-0.25, -0.2) is 14.8 Å². The molecule has 10 nitrogen and oxygen atoms in total. The summed E-state index contributed by atoms with van der Waals surface area (Å²) in [5.74, 6) is 2.81. The second-order valence-corrected chi connectivity index (χ2v) is 13.1. The number of anilines is 1. The molecule has 5 aromatic rings. The molecule has 12 heteroatoms. The summed E-state index contributed by atoms with van der Waals surface area (Å²) in [6.07, 6.45) is 2.30. The zero-order chi connectivity index (χ0) is 32.5. The largest absolute Gasteiger partial charge is 0.493 e. The number of para-hydroxylation sites is 2. The molecule has 1 saturated heterocycles. The van der Waals surface area contributed by atoms with E-state index in [1.54, 1.807) is 20.3 Å². The van der Waals surface area contributed by atoms with Crippen LogP contribution in [0.3, 0.4) is 0 Å². The number of fused-ring (bicyclic) bond motifs is 2. The number of ether oxygens (including phenoxy) is 2. The normalized spacial score (nSPS) is 15.1. The molecule has 1 fully saturated rings. The molecule has 4 heterocycles. The minimum Gasteiger partial charge on any atom is -0.493 e. The number of thioether (sulfide) groups is 1. The number of H-pyrrole nitrogens is 1. The van der Waals surface area contributed by atoms with E-state index in [1.165, 1.54) is 17.3 Å². The van der Waals surface area contributed by atoms with Gasteiger partial charge in [0.1, 0.15) is 11.0 Å². The Bertz CT molecular complexity index is 2000. The number of piperidine rings is 1. The lowest BCUT2D eigenvalue weighted by molar-refractivity contribution is 0.0695. The van der Waals surface area contributed by atoms with Gasteiger partial charge in [-0.15, -0.1) is 0 Å². The number of nitrogens with zero attached hydrogens (tertiary/aromatic N) is 5. The highest BCUT2D eigenvalue weighted by molar-refractivity contribution is 7.98. The number of halogens is 1. The van der Waals surface area contributed by atoms with E-state index in [2.05, 4.69) is 14.9 Å². The predicted molar refractivity (Wildman–Crippen MR) is 184 cm³/mol. The first-order valence-corrected chi connectivity index (χ1v) is 17.0. The first kappa shape index (κ1) is 31.1. The Morgan fingerprint density at radius 3 is 2.51 bits per heavy atom. The van der Waals surface area contributed by atoms with Gasteiger partial charge in [-0.1, -0.05) is 47.6 Å². The minimum atomic E-state index is -0.0973. The Morgan fingerprint density at radius 2 is 1.72 bits per heavy atom. The fraction of sp³-hybridized carbons (Fsp3) is 0.314. The number of likely N-dealkylation sites (tertiary alicyclic amines) is 1. The Morgan fingerprint density at radius 1 is 0.957 bits per heavy atom. The van der Waals surface area contributed by atoms with Crippen molar-refractivity contribution >= 4 is 46.1 Å². The number of nitrogens with one attached hydrogen (secondary N) is 1. The molecule has 0 unspecified atom stereocenters. The molecule has 3 aromatic carbocycles. The van der Waals surface area contributed by atoms with Crippen molar-refractivity contribution in [1.29, 1.82) is 0 Å². The molecule has 7 rings (SSSR count). The van der Waals surface area contributed by atoms with Crippen LogP contribution in [0.15, 0.2) is 76.7 Å². The summed E-state index contributed by atoms with van der Waals surface area (Å²) < 4.78 is 12.8. The second kappa shape index (κ2) is 13.3. The third-order valence-electron chi connectivity index (χ3n) is 8.99. The van der Waals surface area contributed by atoms with E-state index in [0.29, 0.717) is 47.0 Å². The SMILES string of the molecule is COc1cc2c(cc1OC)CN(c1cc(Cl)nc(SCc3cccc(C(=O)N4CCC(n5c(=O)[nH]c6ccccc65)CC4)c3)n1)CC2. The third kappa shape index (κ3) is 6.42. The van der Waals surface area contributed by atoms with Crippen LogP contribution in [0.4, 0.5) is 5.82 Å². The van der Waals surface area contributed by atoms with E-state index < -0.39 is 0 Å². The highest BCUT2D eigenvalue weighted by Gasteiger charge is 2.27. The average Bonchev–Trinajstić information content (AvgIpc) is 3.45. The Kier molecular flexibility index (Phi) is 8.83. The summed E-state index contributed by atoms with van der Waals surface area (Å²) in [7, 11) is 3.29. The van der Waals surface area contributed by atoms with E-state index in [4.69, 9.17) is 26.1 Å². The van der Waals surface area contributed by atoms with Crippen molar-refractivity contribution in [2.24, 2.45) is 0 Å². The number of aromatic amines is 1. The third-order valence-corrected chi connectivity index (χ3v) is 10.1. The topological polar surface area (TPSA) is 106 Å². The summed E-state index contributed by atoms with van der Waals surface area (Å²) in [5, 5.41) is 0.967. The molecule has 0 bridgehead atoms. The molecule has 2 aliphatic heterocycles. The summed E-state index contributed by atoms with van der Waals surface area (Å²) in [6, 6.07) is 21.4. The molecule has 0 radical (unpaired) electrons. The van der Waals surface area contributed by atoms with E-state index in [1.807, 2.05) is 70.1 Å². The lowest BCUT2D eigenvalue weighted by Gasteiger charge is -2.32. The molecule has 0 saturated carbocycles. The summed E-state index contributed by atoms with van der Waals surface area (Å²) >= 11 is 7.96. The van der Waals surface area contributed by atoms with Crippen LogP contribution in [-0.2, 0) is 18.7 Å². The average molecular weight is 671 g/mol. The number of hydrogen-bond donors (Lipinski definition) is 1. The first-order valence-electron chi connectivity index (χ1n) is 15.6. The lowest BCUT2D eigenvalue weighted by atomic mass is 9.99. The second-order valence-electron chi connectivity index (χ2n) is 11.8. The van der Waals surface area contributed by atoms with Crippen LogP contribution in [-0.4, -0.2) is 64.2 Å². The van der Waals surface area contributed by atoms with Crippen LogP contribution < -0.4 is 20.1 Å². The Labute approximate surface area is 281 Å². The number of rotatable bonds is 8. The maximum atomic E-state index is 13.5. The molecule has 0 spiro atoms. The van der Waals surface area contributed by atoms with E-state index in [-0.39, 0.29) is 17.6 Å². The van der Waals surface area contributed by atoms with Gasteiger partial charge >= 0.3 is 5.69 Å². The fourth-order valence-corrected chi connectivity index (χ4v) is 7.60. The van der Waals surface area contributed by atoms with Gasteiger partial charge in [0.05, 0.1) is 25.3 Å². The van der Waals surface area contributed by atoms with Crippen molar-refractivity contribution in [3.8, 4) is 11.5 Å². The number of carbonyl (C=O) groups excluding carboxylic acids is 1. The summed E-state index contributed by atoms with van der Waals surface area (Å²) in [5.41, 5.74) is 5.69. The molecule has 2 aromatic heterocycles. The molecular weight excluding hydrogens is 636 g/mol. The zero-order valence-corrected chi connectivity index (χ0v) is 27.8. The van der Waals surface area contributed by atoms with Crippen molar-refractivity contribution < 1.29 is 14.3 Å². The first-order chi connectivity index (χ1) is 22.9. The number of imidazole rings is 1. The molecular formula is C35H35ClN6O4S. The van der Waals surface area contributed by atoms with Gasteiger partial charge in [0, 0.05) is 49.6 Å². The zero-order valence-electron chi connectivity index (χ0n) is 26.2. The van der Waals surface area contributed by atoms with Gasteiger partial charge in [-0.3, -0.25) is 9.36 Å². The van der Waals surface area contributed by atoms with Crippen LogP contribution in [0, 0.1) is 0 Å². The molecule has 1 N–H and O–H groups in total. The standard InChI is InChI=1S/C35H35ClN6O4S/c1-45-29-17-23-10-13-41(20-25(23)18-30(29)46-2)32-19-31(36)38-34(39-32)47-21-22-6-5-7-24(16-22)33(43)40-14-11-26(12-15-40)42-28-9-4-3-8-27(28)37-35(42)44/h3-9,16-19,26H,10-15,20-21H2,1-2H3,(H,37,44). The Balaban J connectivity index is 0.992. The van der Waals surface area contributed by atoms with Crippen LogP contribution in [0.5, 0.6) is 11.5 Å². The Hall–Kier alpha value is -4.48. The van der Waals surface area contributed by atoms with E-state index in [9.17, 15) is 9.59 Å². The monoisotopic (exact) mass is 670 g/mol. The van der Waals surface area contributed by atoms with Crippen molar-refractivity contribution in [3.05, 3.63) is 105 Å². The lowest BCUT2D eigenvalue weighted by Crippen LogP contribution is -2.40. The van der Waals surface area contributed by atoms with Gasteiger partial charge in [0.2, 0.25) is 0 Å². The van der Waals surface area contributed by atoms with Crippen molar-refractivity contribution in [3.63, 3.8) is 0 Å². The van der Waals surface area contributed by atoms with Gasteiger partial charge in [-0.05, 0) is 72.4 Å². The van der Waals surface area contributed by atoms with Crippen molar-refractivity contribution in [2.75, 3.05) is 38.8 Å². The number of carbonyl (C=O) groups is 1. The van der Waals surface area contributed by atoms with Gasteiger partial charge in [0.15, 0.2) is 16.7 Å². The quantitative estimate of drug-likeness (QED) is 0.120. The smallest absolute Gasteiger partial charge is 0.326 e. The maximum Gasteiger partial charge on any atom is 0.326 e. The highest BCUT2D eigenvalue weighted by atomic mass is 35.5. The minimum absolute atomic E-state index is 0.00231. The highest BCUT2D eigenvalue weighted by Crippen LogP contribution is 2.35. The molecule has 1 amide bonds. The molecule has 0 atom stereocenters. The summed E-state index contributed by atoms with van der Waals surface area (Å²) in [4.78, 5) is 42.5. The number of amides is 1. The number of methoxy groups -OCH3 is 2. The number of aromatic nitrogens is 4. The molecule has 47 heavy (non-hydrogen) atoms. The van der Waals surface area contributed by atoms with Crippen LogP contribution in [0.2, 0.25) is 5.15 Å². The van der Waals surface area contributed by atoms with Gasteiger partial charge in [0.25, 0.3) is 5.91 Å². The molecule has 242 valence electrons. The van der Waals surface area contributed by atoms with Crippen LogP contribution in [0.25, 0.3) is 11.0 Å². The number of hydrogen-bond acceptors (Lipinski definition) is 8. The van der Waals surface area contributed by atoms with Gasteiger partial charge < -0.3 is 24.3 Å².